The van der Waals surface area contributed by atoms with E-state index in [1.54, 1.807) is 0 Å². The molecular formula is C9H11N3. The third-order valence-corrected chi connectivity index (χ3v) is 1.97. The highest BCUT2D eigenvalue weighted by Crippen LogP contribution is 2.14. The topological polar surface area (TPSA) is 43.3 Å². The fraction of sp³-hybridized carbons (Fsp3) is 0.222. The van der Waals surface area contributed by atoms with Gasteiger partial charge in [-0.2, -0.15) is 0 Å². The van der Waals surface area contributed by atoms with Gasteiger partial charge in [0.25, 0.3) is 0 Å². The SMILES string of the molecule is Cc1cn2c(C)ccc(N)c2n1. The third-order valence-electron chi connectivity index (χ3n) is 1.97. The van der Waals surface area contributed by atoms with Crippen LogP contribution in [0.5, 0.6) is 0 Å². The van der Waals surface area contributed by atoms with Crippen LogP contribution in [0.2, 0.25) is 0 Å². The van der Waals surface area contributed by atoms with Crippen molar-refractivity contribution in [1.29, 1.82) is 0 Å². The largest absolute Gasteiger partial charge is 0.396 e. The Morgan fingerprint density at radius 2 is 2.08 bits per heavy atom. The second-order valence-electron chi connectivity index (χ2n) is 3.01. The van der Waals surface area contributed by atoms with Gasteiger partial charge in [-0.15, -0.1) is 0 Å². The molecule has 0 unspecified atom stereocenters. The summed E-state index contributed by atoms with van der Waals surface area (Å²) in [5.74, 6) is 0. The van der Waals surface area contributed by atoms with Crippen LogP contribution in [0.1, 0.15) is 11.4 Å². The number of nitrogens with two attached hydrogens (primary N) is 1. The van der Waals surface area contributed by atoms with Crippen molar-refractivity contribution in [2.75, 3.05) is 5.73 Å². The molecule has 2 heterocycles. The first-order valence-corrected chi connectivity index (χ1v) is 3.89. The minimum atomic E-state index is 0.730. The van der Waals surface area contributed by atoms with Gasteiger partial charge in [-0.05, 0) is 26.0 Å². The highest BCUT2D eigenvalue weighted by Gasteiger charge is 2.02. The lowest BCUT2D eigenvalue weighted by Gasteiger charge is -2.00. The molecule has 0 radical (unpaired) electrons. The average Bonchev–Trinajstić information content (AvgIpc) is 2.41. The zero-order valence-corrected chi connectivity index (χ0v) is 7.20. The molecule has 0 aromatic carbocycles. The molecule has 3 heteroatoms. The number of nitrogens with zero attached hydrogens (tertiary/aromatic N) is 2. The van der Waals surface area contributed by atoms with E-state index in [-0.39, 0.29) is 0 Å². The van der Waals surface area contributed by atoms with Crippen LogP contribution < -0.4 is 5.73 Å². The maximum absolute atomic E-state index is 5.76. The van der Waals surface area contributed by atoms with Crippen molar-refractivity contribution in [3.8, 4) is 0 Å². The second kappa shape index (κ2) is 2.24. The predicted molar refractivity (Wildman–Crippen MR) is 49.1 cm³/mol. The summed E-state index contributed by atoms with van der Waals surface area (Å²) in [4.78, 5) is 4.31. The highest BCUT2D eigenvalue weighted by molar-refractivity contribution is 5.65. The van der Waals surface area contributed by atoms with Crippen LogP contribution in [0.3, 0.4) is 0 Å². The molecule has 2 N–H and O–H groups in total. The lowest BCUT2D eigenvalue weighted by atomic mass is 10.3. The second-order valence-corrected chi connectivity index (χ2v) is 3.01. The van der Waals surface area contributed by atoms with E-state index in [4.69, 9.17) is 5.73 Å². The number of imidazole rings is 1. The maximum Gasteiger partial charge on any atom is 0.160 e. The molecule has 2 rings (SSSR count). The minimum Gasteiger partial charge on any atom is -0.396 e. The van der Waals surface area contributed by atoms with Gasteiger partial charge in [0.1, 0.15) is 0 Å². The summed E-state index contributed by atoms with van der Waals surface area (Å²) in [5.41, 5.74) is 9.49. The first-order chi connectivity index (χ1) is 5.68. The number of pyridine rings is 1. The molecule has 3 nitrogen and oxygen atoms in total. The molecule has 0 aliphatic rings. The van der Waals surface area contributed by atoms with Crippen LogP contribution >= 0.6 is 0 Å². The van der Waals surface area contributed by atoms with Gasteiger partial charge in [0.2, 0.25) is 0 Å². The zero-order chi connectivity index (χ0) is 8.72. The van der Waals surface area contributed by atoms with Gasteiger partial charge < -0.3 is 10.1 Å². The van der Waals surface area contributed by atoms with E-state index in [1.165, 1.54) is 0 Å². The molecule has 0 saturated carbocycles. The molecule has 0 aliphatic heterocycles. The molecule has 2 aromatic heterocycles. The van der Waals surface area contributed by atoms with E-state index in [9.17, 15) is 0 Å². The fourth-order valence-electron chi connectivity index (χ4n) is 1.34. The van der Waals surface area contributed by atoms with E-state index in [2.05, 4.69) is 4.98 Å². The average molecular weight is 161 g/mol. The van der Waals surface area contributed by atoms with Crippen LogP contribution in [0, 0.1) is 13.8 Å². The van der Waals surface area contributed by atoms with Crippen LogP contribution in [0.25, 0.3) is 5.65 Å². The van der Waals surface area contributed by atoms with Crippen molar-refractivity contribution in [1.82, 2.24) is 9.38 Å². The van der Waals surface area contributed by atoms with E-state index in [0.29, 0.717) is 0 Å². The number of aromatic nitrogens is 2. The summed E-state index contributed by atoms with van der Waals surface area (Å²) < 4.78 is 2.00. The lowest BCUT2D eigenvalue weighted by molar-refractivity contribution is 1.09. The van der Waals surface area contributed by atoms with Gasteiger partial charge in [-0.1, -0.05) is 0 Å². The van der Waals surface area contributed by atoms with Gasteiger partial charge in [-0.3, -0.25) is 0 Å². The fourth-order valence-corrected chi connectivity index (χ4v) is 1.34. The molecule has 0 atom stereocenters. The van der Waals surface area contributed by atoms with Crippen LogP contribution in [0.15, 0.2) is 18.3 Å². The Hall–Kier alpha value is -1.51. The van der Waals surface area contributed by atoms with Crippen molar-refractivity contribution in [3.05, 3.63) is 29.7 Å². The number of aryl methyl sites for hydroxylation is 2. The predicted octanol–water partition coefficient (Wildman–Crippen LogP) is 1.53. The Balaban J connectivity index is 2.93. The quantitative estimate of drug-likeness (QED) is 0.636. The van der Waals surface area contributed by atoms with Crippen molar-refractivity contribution >= 4 is 11.3 Å². The number of hydrogen-bond donors (Lipinski definition) is 1. The van der Waals surface area contributed by atoms with Crippen molar-refractivity contribution in [2.24, 2.45) is 0 Å². The molecule has 0 aliphatic carbocycles. The molecule has 12 heavy (non-hydrogen) atoms. The summed E-state index contributed by atoms with van der Waals surface area (Å²) in [5, 5.41) is 0. The van der Waals surface area contributed by atoms with Gasteiger partial charge in [0, 0.05) is 11.9 Å². The summed E-state index contributed by atoms with van der Waals surface area (Å²) >= 11 is 0. The Morgan fingerprint density at radius 3 is 2.75 bits per heavy atom. The molecular weight excluding hydrogens is 150 g/mol. The number of nitrogen functional groups attached to an aromatic ring is 1. The van der Waals surface area contributed by atoms with E-state index in [0.717, 1.165) is 22.7 Å². The van der Waals surface area contributed by atoms with E-state index >= 15 is 0 Å². The third kappa shape index (κ3) is 0.863. The zero-order valence-electron chi connectivity index (χ0n) is 7.20. The van der Waals surface area contributed by atoms with Crippen LogP contribution in [-0.4, -0.2) is 9.38 Å². The summed E-state index contributed by atoms with van der Waals surface area (Å²) in [6, 6.07) is 3.88. The Kier molecular flexibility index (Phi) is 1.33. The van der Waals surface area contributed by atoms with Gasteiger partial charge in [-0.25, -0.2) is 4.98 Å². The number of hydrogen-bond acceptors (Lipinski definition) is 2. The molecule has 0 saturated heterocycles. The summed E-state index contributed by atoms with van der Waals surface area (Å²) in [7, 11) is 0. The Bertz CT molecular complexity index is 390. The van der Waals surface area contributed by atoms with Crippen molar-refractivity contribution in [3.63, 3.8) is 0 Å². The maximum atomic E-state index is 5.76. The normalized spacial score (nSPS) is 10.8. The first kappa shape index (κ1) is 7.16. The Labute approximate surface area is 70.8 Å². The lowest BCUT2D eigenvalue weighted by Crippen LogP contribution is -1.94. The molecule has 0 spiro atoms. The van der Waals surface area contributed by atoms with Gasteiger partial charge in [0.15, 0.2) is 5.65 Å². The van der Waals surface area contributed by atoms with Gasteiger partial charge in [0.05, 0.1) is 11.4 Å². The summed E-state index contributed by atoms with van der Waals surface area (Å²) in [6.45, 7) is 4.00. The van der Waals surface area contributed by atoms with Crippen molar-refractivity contribution in [2.45, 2.75) is 13.8 Å². The number of fused-ring (bicyclic) bond motifs is 1. The van der Waals surface area contributed by atoms with Crippen LogP contribution in [0.4, 0.5) is 5.69 Å². The van der Waals surface area contributed by atoms with Crippen molar-refractivity contribution < 1.29 is 0 Å². The number of rotatable bonds is 0. The van der Waals surface area contributed by atoms with E-state index < -0.39 is 0 Å². The number of anilines is 1. The minimum absolute atomic E-state index is 0.730. The molecule has 0 fully saturated rings. The molecule has 2 aromatic rings. The molecule has 62 valence electrons. The van der Waals surface area contributed by atoms with E-state index in [1.807, 2.05) is 36.6 Å². The van der Waals surface area contributed by atoms with Gasteiger partial charge >= 0.3 is 0 Å². The monoisotopic (exact) mass is 161 g/mol. The molecule has 0 amide bonds. The Morgan fingerprint density at radius 1 is 1.33 bits per heavy atom. The molecule has 0 bridgehead atoms. The van der Waals surface area contributed by atoms with Crippen LogP contribution in [-0.2, 0) is 0 Å². The summed E-state index contributed by atoms with van der Waals surface area (Å²) in [6.07, 6.45) is 1.99. The first-order valence-electron chi connectivity index (χ1n) is 3.89. The highest BCUT2D eigenvalue weighted by atomic mass is 15.0. The standard InChI is InChI=1S/C9H11N3/c1-6-5-12-7(2)3-4-8(10)9(12)11-6/h3-5H,10H2,1-2H3. The smallest absolute Gasteiger partial charge is 0.160 e.